The van der Waals surface area contributed by atoms with Crippen molar-refractivity contribution < 1.29 is 18.3 Å². The summed E-state index contributed by atoms with van der Waals surface area (Å²) in [4.78, 5) is 10.4. The second-order valence-corrected chi connectivity index (χ2v) is 5.45. The van der Waals surface area contributed by atoms with Crippen molar-refractivity contribution in [3.8, 4) is 0 Å². The molecule has 0 aliphatic heterocycles. The third-order valence-corrected chi connectivity index (χ3v) is 3.97. The van der Waals surface area contributed by atoms with Crippen LogP contribution in [0.5, 0.6) is 0 Å². The molecule has 0 bridgehead atoms. The van der Waals surface area contributed by atoms with E-state index in [9.17, 15) is 13.2 Å². The molecule has 0 atom stereocenters. The first-order chi connectivity index (χ1) is 7.29. The van der Waals surface area contributed by atoms with Crippen LogP contribution in [0.2, 0.25) is 10.0 Å². The zero-order valence-electron chi connectivity index (χ0n) is 7.99. The molecular formula is C8H7Cl2NO4S. The molecule has 0 saturated carbocycles. The fourth-order valence-electron chi connectivity index (χ4n) is 1.03. The van der Waals surface area contributed by atoms with Gasteiger partial charge in [-0.05, 0) is 19.2 Å². The average molecular weight is 284 g/mol. The van der Waals surface area contributed by atoms with Crippen LogP contribution in [0.3, 0.4) is 0 Å². The van der Waals surface area contributed by atoms with E-state index in [1.165, 1.54) is 7.05 Å². The van der Waals surface area contributed by atoms with Crippen LogP contribution >= 0.6 is 23.2 Å². The third-order valence-electron chi connectivity index (χ3n) is 1.79. The molecule has 0 amide bonds. The van der Waals surface area contributed by atoms with E-state index < -0.39 is 16.0 Å². The van der Waals surface area contributed by atoms with E-state index in [0.29, 0.717) is 0 Å². The Kier molecular flexibility index (Phi) is 3.80. The quantitative estimate of drug-likeness (QED) is 0.883. The highest BCUT2D eigenvalue weighted by Gasteiger charge is 2.22. The maximum absolute atomic E-state index is 11.5. The predicted octanol–water partition coefficient (Wildman–Crippen LogP) is 1.60. The van der Waals surface area contributed by atoms with E-state index in [1.54, 1.807) is 0 Å². The van der Waals surface area contributed by atoms with Crippen molar-refractivity contribution >= 4 is 39.2 Å². The molecule has 1 aromatic rings. The molecule has 0 saturated heterocycles. The molecular weight excluding hydrogens is 277 g/mol. The van der Waals surface area contributed by atoms with Gasteiger partial charge in [-0.15, -0.1) is 0 Å². The topological polar surface area (TPSA) is 83.5 Å². The van der Waals surface area contributed by atoms with E-state index in [0.717, 1.165) is 12.1 Å². The van der Waals surface area contributed by atoms with Gasteiger partial charge in [0.05, 0.1) is 10.6 Å². The molecule has 88 valence electrons. The number of halogens is 2. The zero-order chi connectivity index (χ0) is 12.5. The number of sulfonamides is 1. The minimum Gasteiger partial charge on any atom is -0.478 e. The number of aromatic carboxylic acids is 1. The number of benzene rings is 1. The van der Waals surface area contributed by atoms with Crippen molar-refractivity contribution in [1.82, 2.24) is 4.72 Å². The number of rotatable bonds is 3. The van der Waals surface area contributed by atoms with Gasteiger partial charge in [-0.1, -0.05) is 23.2 Å². The summed E-state index contributed by atoms with van der Waals surface area (Å²) < 4.78 is 25.0. The second kappa shape index (κ2) is 4.58. The molecule has 0 heterocycles. The van der Waals surface area contributed by atoms with Crippen LogP contribution in [0.25, 0.3) is 0 Å². The smallest absolute Gasteiger partial charge is 0.337 e. The zero-order valence-corrected chi connectivity index (χ0v) is 10.3. The number of nitrogens with one attached hydrogen (secondary N) is 1. The summed E-state index contributed by atoms with van der Waals surface area (Å²) in [5.74, 6) is -1.35. The summed E-state index contributed by atoms with van der Waals surface area (Å²) in [6.07, 6.45) is 0. The molecule has 0 aromatic heterocycles. The Morgan fingerprint density at radius 1 is 1.38 bits per heavy atom. The van der Waals surface area contributed by atoms with E-state index in [4.69, 9.17) is 28.3 Å². The second-order valence-electron chi connectivity index (χ2n) is 2.78. The van der Waals surface area contributed by atoms with Gasteiger partial charge in [-0.25, -0.2) is 17.9 Å². The summed E-state index contributed by atoms with van der Waals surface area (Å²) in [6, 6.07) is 2.17. The highest BCUT2D eigenvalue weighted by atomic mass is 35.5. The summed E-state index contributed by atoms with van der Waals surface area (Å²) in [5, 5.41) is 8.41. The van der Waals surface area contributed by atoms with Gasteiger partial charge in [0.1, 0.15) is 4.90 Å². The molecule has 0 spiro atoms. The van der Waals surface area contributed by atoms with Crippen molar-refractivity contribution in [3.63, 3.8) is 0 Å². The molecule has 8 heteroatoms. The minimum absolute atomic E-state index is 0.0179. The lowest BCUT2D eigenvalue weighted by Gasteiger charge is -2.08. The summed E-state index contributed by atoms with van der Waals surface area (Å²) >= 11 is 11.3. The number of hydrogen-bond donors (Lipinski definition) is 2. The van der Waals surface area contributed by atoms with Crippen molar-refractivity contribution in [2.24, 2.45) is 0 Å². The van der Waals surface area contributed by atoms with Gasteiger partial charge >= 0.3 is 5.97 Å². The van der Waals surface area contributed by atoms with Crippen LogP contribution in [-0.2, 0) is 10.0 Å². The van der Waals surface area contributed by atoms with Gasteiger partial charge in [0.25, 0.3) is 0 Å². The maximum Gasteiger partial charge on any atom is 0.337 e. The highest BCUT2D eigenvalue weighted by molar-refractivity contribution is 7.89. The molecule has 0 aliphatic carbocycles. The van der Waals surface area contributed by atoms with E-state index in [1.807, 2.05) is 4.72 Å². The highest BCUT2D eigenvalue weighted by Crippen LogP contribution is 2.29. The minimum atomic E-state index is -3.84. The number of carboxylic acid groups (broad SMARTS) is 1. The van der Waals surface area contributed by atoms with Gasteiger partial charge in [-0.3, -0.25) is 0 Å². The van der Waals surface area contributed by atoms with Crippen molar-refractivity contribution in [2.45, 2.75) is 4.90 Å². The molecule has 2 N–H and O–H groups in total. The summed E-state index contributed by atoms with van der Waals surface area (Å²) in [6.45, 7) is 0. The molecule has 5 nitrogen and oxygen atoms in total. The molecule has 1 aromatic carbocycles. The fourth-order valence-corrected chi connectivity index (χ4v) is 2.65. The number of carboxylic acids is 1. The SMILES string of the molecule is CNS(=O)(=O)c1cc(Cl)cc(C(=O)O)c1Cl. The Bertz CT molecular complexity index is 541. The molecule has 0 unspecified atom stereocenters. The molecule has 1 rings (SSSR count). The number of carbonyl (C=O) groups is 1. The van der Waals surface area contributed by atoms with Crippen LogP contribution in [0.1, 0.15) is 10.4 Å². The number of hydrogen-bond acceptors (Lipinski definition) is 3. The fraction of sp³-hybridized carbons (Fsp3) is 0.125. The Morgan fingerprint density at radius 2 is 1.94 bits per heavy atom. The Balaban J connectivity index is 3.60. The van der Waals surface area contributed by atoms with Gasteiger partial charge < -0.3 is 5.11 Å². The normalized spacial score (nSPS) is 11.4. The molecule has 16 heavy (non-hydrogen) atoms. The van der Waals surface area contributed by atoms with Gasteiger partial charge in [0.15, 0.2) is 0 Å². The monoisotopic (exact) mass is 283 g/mol. The standard InChI is InChI=1S/C8H7Cl2NO4S/c1-11-16(14,15)6-3-4(9)2-5(7(6)10)8(12)13/h2-3,11H,1H3,(H,12,13). The van der Waals surface area contributed by atoms with Crippen LogP contribution in [0.4, 0.5) is 0 Å². The van der Waals surface area contributed by atoms with E-state index in [2.05, 4.69) is 0 Å². The lowest BCUT2D eigenvalue weighted by atomic mass is 10.2. The van der Waals surface area contributed by atoms with Crippen LogP contribution in [0.15, 0.2) is 17.0 Å². The van der Waals surface area contributed by atoms with Gasteiger partial charge in [0, 0.05) is 5.02 Å². The Labute approximate surface area is 102 Å². The predicted molar refractivity (Wildman–Crippen MR) is 59.7 cm³/mol. The third kappa shape index (κ3) is 2.46. The van der Waals surface area contributed by atoms with Crippen LogP contribution < -0.4 is 4.72 Å². The van der Waals surface area contributed by atoms with E-state index in [-0.39, 0.29) is 20.5 Å². The van der Waals surface area contributed by atoms with Gasteiger partial charge in [-0.2, -0.15) is 0 Å². The Hall–Kier alpha value is -0.820. The van der Waals surface area contributed by atoms with Crippen molar-refractivity contribution in [2.75, 3.05) is 7.05 Å². The van der Waals surface area contributed by atoms with Crippen molar-refractivity contribution in [3.05, 3.63) is 27.7 Å². The summed E-state index contributed by atoms with van der Waals surface area (Å²) in [5.41, 5.74) is -0.358. The maximum atomic E-state index is 11.5. The average Bonchev–Trinajstić information content (AvgIpc) is 2.20. The molecule has 0 radical (unpaired) electrons. The first-order valence-electron chi connectivity index (χ1n) is 3.95. The van der Waals surface area contributed by atoms with Gasteiger partial charge in [0.2, 0.25) is 10.0 Å². The molecule has 0 fully saturated rings. The lowest BCUT2D eigenvalue weighted by molar-refractivity contribution is 0.0697. The van der Waals surface area contributed by atoms with Crippen LogP contribution in [-0.4, -0.2) is 26.5 Å². The lowest BCUT2D eigenvalue weighted by Crippen LogP contribution is -2.19. The Morgan fingerprint density at radius 3 is 2.38 bits per heavy atom. The summed E-state index contributed by atoms with van der Waals surface area (Å²) in [7, 11) is -2.65. The van der Waals surface area contributed by atoms with Crippen molar-refractivity contribution in [1.29, 1.82) is 0 Å². The first kappa shape index (κ1) is 13.2. The van der Waals surface area contributed by atoms with E-state index >= 15 is 0 Å². The largest absolute Gasteiger partial charge is 0.478 e. The van der Waals surface area contributed by atoms with Crippen LogP contribution in [0, 0.1) is 0 Å². The first-order valence-corrected chi connectivity index (χ1v) is 6.19. The molecule has 0 aliphatic rings.